The van der Waals surface area contributed by atoms with Crippen molar-refractivity contribution < 1.29 is 29.2 Å². The quantitative estimate of drug-likeness (QED) is 0.450. The highest BCUT2D eigenvalue weighted by atomic mass is 16.7. The highest BCUT2D eigenvalue weighted by Crippen LogP contribution is 2.40. The van der Waals surface area contributed by atoms with Gasteiger partial charge in [-0.1, -0.05) is 13.5 Å². The zero-order chi connectivity index (χ0) is 21.2. The van der Waals surface area contributed by atoms with E-state index in [1.807, 2.05) is 13.0 Å². The van der Waals surface area contributed by atoms with E-state index in [1.165, 1.54) is 16.9 Å². The maximum absolute atomic E-state index is 11.7. The summed E-state index contributed by atoms with van der Waals surface area (Å²) in [6.45, 7) is 5.15. The van der Waals surface area contributed by atoms with Gasteiger partial charge in [0.15, 0.2) is 5.82 Å². The molecule has 1 saturated heterocycles. The molecular formula is C18H21N5O6. The predicted octanol–water partition coefficient (Wildman–Crippen LogP) is 0.270. The Hall–Kier alpha value is -3.20. The first-order valence-electron chi connectivity index (χ1n) is 8.84. The molecule has 0 radical (unpaired) electrons. The number of aromatic nitrogens is 3. The van der Waals surface area contributed by atoms with Crippen molar-refractivity contribution in [3.05, 3.63) is 36.3 Å². The van der Waals surface area contributed by atoms with Gasteiger partial charge in [0.1, 0.15) is 49.4 Å². The van der Waals surface area contributed by atoms with Gasteiger partial charge in [-0.3, -0.25) is 0 Å². The van der Waals surface area contributed by atoms with Crippen molar-refractivity contribution in [1.82, 2.24) is 14.6 Å². The number of fused-ring (bicyclic) bond motifs is 1. The number of nitrogens with zero attached hydrogens (tertiary/aromatic N) is 4. The van der Waals surface area contributed by atoms with E-state index in [-0.39, 0.29) is 18.1 Å². The molecule has 3 rings (SSSR count). The fourth-order valence-electron chi connectivity index (χ4n) is 3.01. The van der Waals surface area contributed by atoms with Crippen molar-refractivity contribution in [3.8, 4) is 6.07 Å². The van der Waals surface area contributed by atoms with Crippen LogP contribution in [0.4, 0.5) is 10.6 Å². The molecule has 1 fully saturated rings. The van der Waals surface area contributed by atoms with Crippen LogP contribution in [0.5, 0.6) is 0 Å². The largest absolute Gasteiger partial charge is 0.508 e. The van der Waals surface area contributed by atoms with Crippen LogP contribution in [0.2, 0.25) is 0 Å². The molecule has 0 amide bonds. The van der Waals surface area contributed by atoms with Gasteiger partial charge in [-0.25, -0.2) is 14.3 Å². The van der Waals surface area contributed by atoms with E-state index in [4.69, 9.17) is 19.9 Å². The molecule has 1 aliphatic heterocycles. The van der Waals surface area contributed by atoms with Gasteiger partial charge in [0.25, 0.3) is 0 Å². The maximum Gasteiger partial charge on any atom is 0.508 e. The standard InChI is InChI=1S/C18H21N5O6/c1-3-10(2)6-27-17(26)28-7-12-14(24)15(25)18(8-19,29-12)13-5-4-11-16(20)21-9-22-23(11)13/h4-5,9,12,14-15,24-25H,2-3,6-7H2,1H3,(H2,20,21,22)/t12-,14-,15-,18+/m1/s1. The van der Waals surface area contributed by atoms with Crippen LogP contribution < -0.4 is 5.73 Å². The Kier molecular flexibility index (Phi) is 5.69. The number of carbonyl (C=O) groups excluding carboxylic acids is 1. The zero-order valence-corrected chi connectivity index (χ0v) is 15.7. The van der Waals surface area contributed by atoms with Gasteiger partial charge in [-0.15, -0.1) is 0 Å². The van der Waals surface area contributed by atoms with Crippen LogP contribution in [-0.2, 0) is 19.8 Å². The summed E-state index contributed by atoms with van der Waals surface area (Å²) in [7, 11) is 0. The number of ether oxygens (including phenoxy) is 3. The number of nitrogen functional groups attached to an aromatic ring is 1. The minimum absolute atomic E-state index is 0.00540. The van der Waals surface area contributed by atoms with Gasteiger partial charge >= 0.3 is 6.16 Å². The lowest BCUT2D eigenvalue weighted by Crippen LogP contribution is -2.41. The minimum Gasteiger partial charge on any atom is -0.431 e. The lowest BCUT2D eigenvalue weighted by atomic mass is 9.92. The second kappa shape index (κ2) is 8.04. The zero-order valence-electron chi connectivity index (χ0n) is 15.7. The number of rotatable bonds is 6. The summed E-state index contributed by atoms with van der Waals surface area (Å²) >= 11 is 0. The number of nitriles is 1. The molecule has 1 aliphatic rings. The van der Waals surface area contributed by atoms with Gasteiger partial charge in [-0.2, -0.15) is 10.4 Å². The normalized spacial score (nSPS) is 26.2. The second-order valence-electron chi connectivity index (χ2n) is 6.55. The van der Waals surface area contributed by atoms with Gasteiger partial charge < -0.3 is 30.2 Å². The van der Waals surface area contributed by atoms with Crippen molar-refractivity contribution >= 4 is 17.5 Å². The van der Waals surface area contributed by atoms with Gasteiger partial charge in [-0.05, 0) is 24.1 Å². The summed E-state index contributed by atoms with van der Waals surface area (Å²) in [5.41, 5.74) is 5.11. The molecule has 11 nitrogen and oxygen atoms in total. The molecule has 0 saturated carbocycles. The van der Waals surface area contributed by atoms with Crippen LogP contribution in [0.15, 0.2) is 30.6 Å². The molecular weight excluding hydrogens is 382 g/mol. The number of aliphatic hydroxyl groups excluding tert-OH is 2. The molecule has 4 atom stereocenters. The molecule has 29 heavy (non-hydrogen) atoms. The van der Waals surface area contributed by atoms with Crippen molar-refractivity contribution in [3.63, 3.8) is 0 Å². The van der Waals surface area contributed by atoms with Crippen LogP contribution in [0, 0.1) is 11.3 Å². The summed E-state index contributed by atoms with van der Waals surface area (Å²) in [4.78, 5) is 15.6. The summed E-state index contributed by atoms with van der Waals surface area (Å²) in [5, 5.41) is 34.8. The van der Waals surface area contributed by atoms with E-state index >= 15 is 0 Å². The first-order valence-corrected chi connectivity index (χ1v) is 8.84. The van der Waals surface area contributed by atoms with Crippen molar-refractivity contribution in [1.29, 1.82) is 5.26 Å². The number of aliphatic hydroxyl groups is 2. The Balaban J connectivity index is 1.78. The van der Waals surface area contributed by atoms with Crippen molar-refractivity contribution in [2.75, 3.05) is 18.9 Å². The third-order valence-corrected chi connectivity index (χ3v) is 4.75. The molecule has 3 heterocycles. The topological polar surface area (TPSA) is 165 Å². The average molecular weight is 403 g/mol. The Bertz CT molecular complexity index is 969. The SMILES string of the molecule is C=C(CC)COC(=O)OC[C@H]1O[C@@](C#N)(c2ccc3c(N)ncnn23)[C@H](O)[C@@H]1O. The summed E-state index contributed by atoms with van der Waals surface area (Å²) in [6, 6.07) is 4.96. The predicted molar refractivity (Wildman–Crippen MR) is 98.3 cm³/mol. The van der Waals surface area contributed by atoms with E-state index in [9.17, 15) is 20.3 Å². The van der Waals surface area contributed by atoms with Crippen LogP contribution in [0.1, 0.15) is 19.0 Å². The molecule has 0 spiro atoms. The second-order valence-corrected chi connectivity index (χ2v) is 6.55. The van der Waals surface area contributed by atoms with Gasteiger partial charge in [0.2, 0.25) is 5.60 Å². The Labute approximate surface area is 165 Å². The molecule has 2 aromatic heterocycles. The molecule has 154 valence electrons. The summed E-state index contributed by atoms with van der Waals surface area (Å²) in [6.07, 6.45) is -3.45. The first kappa shape index (κ1) is 20.5. The van der Waals surface area contributed by atoms with Crippen molar-refractivity contribution in [2.24, 2.45) is 0 Å². The van der Waals surface area contributed by atoms with Crippen LogP contribution in [-0.4, -0.2) is 62.5 Å². The van der Waals surface area contributed by atoms with Crippen LogP contribution in [0.25, 0.3) is 5.52 Å². The van der Waals surface area contributed by atoms with E-state index in [0.29, 0.717) is 17.5 Å². The smallest absolute Gasteiger partial charge is 0.431 e. The molecule has 0 aliphatic carbocycles. The van der Waals surface area contributed by atoms with E-state index in [0.717, 1.165) is 0 Å². The third-order valence-electron chi connectivity index (χ3n) is 4.75. The Morgan fingerprint density at radius 1 is 1.48 bits per heavy atom. The van der Waals surface area contributed by atoms with E-state index in [2.05, 4.69) is 16.7 Å². The fraction of sp³-hybridized carbons (Fsp3) is 0.444. The highest BCUT2D eigenvalue weighted by molar-refractivity contribution is 5.66. The van der Waals surface area contributed by atoms with Crippen LogP contribution >= 0.6 is 0 Å². The average Bonchev–Trinajstić information content (AvgIpc) is 3.26. The Morgan fingerprint density at radius 2 is 2.24 bits per heavy atom. The molecule has 0 aromatic carbocycles. The lowest BCUT2D eigenvalue weighted by molar-refractivity contribution is -0.0715. The fourth-order valence-corrected chi connectivity index (χ4v) is 3.01. The monoisotopic (exact) mass is 403 g/mol. The van der Waals surface area contributed by atoms with Gasteiger partial charge in [0.05, 0.1) is 5.69 Å². The molecule has 0 bridgehead atoms. The number of carbonyl (C=O) groups is 1. The van der Waals surface area contributed by atoms with Crippen molar-refractivity contribution in [2.45, 2.75) is 37.3 Å². The maximum atomic E-state index is 11.7. The number of nitrogens with two attached hydrogens (primary N) is 1. The van der Waals surface area contributed by atoms with Gasteiger partial charge in [0, 0.05) is 0 Å². The number of hydrogen-bond acceptors (Lipinski definition) is 10. The lowest BCUT2D eigenvalue weighted by Gasteiger charge is -2.24. The Morgan fingerprint density at radius 3 is 2.93 bits per heavy atom. The first-order chi connectivity index (χ1) is 13.8. The summed E-state index contributed by atoms with van der Waals surface area (Å²) in [5.74, 6) is 0.170. The van der Waals surface area contributed by atoms with Crippen LogP contribution in [0.3, 0.4) is 0 Å². The summed E-state index contributed by atoms with van der Waals surface area (Å²) < 4.78 is 16.8. The molecule has 4 N–H and O–H groups in total. The molecule has 0 unspecified atom stereocenters. The molecule has 11 heteroatoms. The van der Waals surface area contributed by atoms with E-state index in [1.54, 1.807) is 6.07 Å². The third kappa shape index (κ3) is 3.61. The highest BCUT2D eigenvalue weighted by Gasteiger charge is 2.57. The number of hydrogen-bond donors (Lipinski definition) is 3. The van der Waals surface area contributed by atoms with E-state index < -0.39 is 36.7 Å². The molecule has 2 aromatic rings. The number of anilines is 1. The minimum atomic E-state index is -1.96.